The fourth-order valence-electron chi connectivity index (χ4n) is 2.67. The summed E-state index contributed by atoms with van der Waals surface area (Å²) in [4.78, 5) is 2.46. The van der Waals surface area contributed by atoms with Crippen LogP contribution >= 0.6 is 0 Å². The van der Waals surface area contributed by atoms with Gasteiger partial charge in [0, 0.05) is 31.2 Å². The Kier molecular flexibility index (Phi) is 4.03. The van der Waals surface area contributed by atoms with Crippen LogP contribution in [0.15, 0.2) is 24.3 Å². The van der Waals surface area contributed by atoms with E-state index >= 15 is 0 Å². The molecule has 0 aliphatic carbocycles. The van der Waals surface area contributed by atoms with E-state index in [2.05, 4.69) is 31.0 Å². The zero-order chi connectivity index (χ0) is 13.2. The van der Waals surface area contributed by atoms with Crippen LogP contribution < -0.4 is 5.32 Å². The van der Waals surface area contributed by atoms with Gasteiger partial charge in [-0.1, -0.05) is 19.1 Å². The number of hydrogen-bond acceptors (Lipinski definition) is 2. The standard InChI is InChI=1S/C15H23FN2/c1-4-14-9-17-15(2,3)11-18(14)10-12-6-5-7-13(16)8-12/h5-8,14,17H,4,9-11H2,1-3H3. The molecule has 1 unspecified atom stereocenters. The Morgan fingerprint density at radius 2 is 2.22 bits per heavy atom. The van der Waals surface area contributed by atoms with Gasteiger partial charge < -0.3 is 5.32 Å². The minimum absolute atomic E-state index is 0.138. The molecule has 3 heteroatoms. The number of piperazine rings is 1. The predicted molar refractivity (Wildman–Crippen MR) is 73.0 cm³/mol. The molecule has 0 aromatic heterocycles. The van der Waals surface area contributed by atoms with Gasteiger partial charge in [0.1, 0.15) is 5.82 Å². The molecule has 2 rings (SSSR count). The lowest BCUT2D eigenvalue weighted by Crippen LogP contribution is -2.60. The summed E-state index contributed by atoms with van der Waals surface area (Å²) in [6, 6.07) is 7.48. The SMILES string of the molecule is CCC1CNC(C)(C)CN1Cc1cccc(F)c1. The first-order valence-corrected chi connectivity index (χ1v) is 6.74. The van der Waals surface area contributed by atoms with Gasteiger partial charge in [0.15, 0.2) is 0 Å². The molecule has 0 radical (unpaired) electrons. The predicted octanol–water partition coefficient (Wildman–Crippen LogP) is 2.79. The van der Waals surface area contributed by atoms with Crippen molar-refractivity contribution in [3.05, 3.63) is 35.6 Å². The molecular weight excluding hydrogens is 227 g/mol. The number of halogens is 1. The zero-order valence-corrected chi connectivity index (χ0v) is 11.5. The average Bonchev–Trinajstić information content (AvgIpc) is 2.28. The largest absolute Gasteiger partial charge is 0.309 e. The Labute approximate surface area is 109 Å². The highest BCUT2D eigenvalue weighted by molar-refractivity contribution is 5.16. The lowest BCUT2D eigenvalue weighted by atomic mass is 9.97. The third kappa shape index (κ3) is 3.30. The third-order valence-electron chi connectivity index (χ3n) is 3.68. The molecular formula is C15H23FN2. The molecule has 0 amide bonds. The van der Waals surface area contributed by atoms with Gasteiger partial charge in [-0.15, -0.1) is 0 Å². The van der Waals surface area contributed by atoms with Crippen molar-refractivity contribution in [1.82, 2.24) is 10.2 Å². The van der Waals surface area contributed by atoms with Crippen molar-refractivity contribution in [3.8, 4) is 0 Å². The van der Waals surface area contributed by atoms with Crippen LogP contribution in [0.25, 0.3) is 0 Å². The normalized spacial score (nSPS) is 24.1. The maximum absolute atomic E-state index is 13.2. The van der Waals surface area contributed by atoms with E-state index in [0.717, 1.165) is 31.6 Å². The minimum Gasteiger partial charge on any atom is -0.309 e. The van der Waals surface area contributed by atoms with Crippen molar-refractivity contribution in [1.29, 1.82) is 0 Å². The topological polar surface area (TPSA) is 15.3 Å². The highest BCUT2D eigenvalue weighted by Gasteiger charge is 2.31. The first-order chi connectivity index (χ1) is 8.50. The molecule has 1 N–H and O–H groups in total. The van der Waals surface area contributed by atoms with Gasteiger partial charge in [0.05, 0.1) is 0 Å². The molecule has 1 saturated heterocycles. The lowest BCUT2D eigenvalue weighted by Gasteiger charge is -2.44. The molecule has 0 spiro atoms. The number of benzene rings is 1. The number of nitrogens with one attached hydrogen (secondary N) is 1. The van der Waals surface area contributed by atoms with Crippen molar-refractivity contribution in [3.63, 3.8) is 0 Å². The summed E-state index contributed by atoms with van der Waals surface area (Å²) in [7, 11) is 0. The van der Waals surface area contributed by atoms with Crippen LogP contribution in [0.2, 0.25) is 0 Å². The van der Waals surface area contributed by atoms with Crippen LogP contribution in [0.4, 0.5) is 4.39 Å². The van der Waals surface area contributed by atoms with Gasteiger partial charge in [-0.2, -0.15) is 0 Å². The molecule has 0 saturated carbocycles. The molecule has 18 heavy (non-hydrogen) atoms. The Morgan fingerprint density at radius 1 is 1.44 bits per heavy atom. The van der Waals surface area contributed by atoms with Crippen LogP contribution in [0.5, 0.6) is 0 Å². The summed E-state index contributed by atoms with van der Waals surface area (Å²) < 4.78 is 13.2. The highest BCUT2D eigenvalue weighted by atomic mass is 19.1. The Bertz CT molecular complexity index is 403. The number of rotatable bonds is 3. The molecule has 1 heterocycles. The minimum atomic E-state index is -0.144. The highest BCUT2D eigenvalue weighted by Crippen LogP contribution is 2.20. The average molecular weight is 250 g/mol. The third-order valence-corrected chi connectivity index (χ3v) is 3.68. The number of hydrogen-bond donors (Lipinski definition) is 1. The van der Waals surface area contributed by atoms with E-state index in [-0.39, 0.29) is 11.4 Å². The molecule has 1 aliphatic heterocycles. The van der Waals surface area contributed by atoms with E-state index in [4.69, 9.17) is 0 Å². The zero-order valence-electron chi connectivity index (χ0n) is 11.5. The van der Waals surface area contributed by atoms with Crippen molar-refractivity contribution in [2.75, 3.05) is 13.1 Å². The lowest BCUT2D eigenvalue weighted by molar-refractivity contribution is 0.0858. The summed E-state index contributed by atoms with van der Waals surface area (Å²) in [5.74, 6) is -0.144. The summed E-state index contributed by atoms with van der Waals surface area (Å²) in [6.45, 7) is 9.50. The van der Waals surface area contributed by atoms with Crippen LogP contribution in [0, 0.1) is 5.82 Å². The number of nitrogens with zero attached hydrogens (tertiary/aromatic N) is 1. The molecule has 1 aromatic carbocycles. The smallest absolute Gasteiger partial charge is 0.123 e. The van der Waals surface area contributed by atoms with Crippen molar-refractivity contribution < 1.29 is 4.39 Å². The van der Waals surface area contributed by atoms with E-state index in [9.17, 15) is 4.39 Å². The van der Waals surface area contributed by atoms with Crippen LogP contribution in [0.3, 0.4) is 0 Å². The Balaban J connectivity index is 2.09. The van der Waals surface area contributed by atoms with Gasteiger partial charge >= 0.3 is 0 Å². The van der Waals surface area contributed by atoms with Gasteiger partial charge in [-0.3, -0.25) is 4.90 Å². The van der Waals surface area contributed by atoms with E-state index in [0.29, 0.717) is 6.04 Å². The van der Waals surface area contributed by atoms with Crippen molar-refractivity contribution in [2.24, 2.45) is 0 Å². The summed E-state index contributed by atoms with van der Waals surface area (Å²) in [5, 5.41) is 3.57. The first kappa shape index (κ1) is 13.5. The van der Waals surface area contributed by atoms with Crippen LogP contribution in [-0.4, -0.2) is 29.6 Å². The van der Waals surface area contributed by atoms with Crippen molar-refractivity contribution in [2.45, 2.75) is 45.3 Å². The molecule has 0 bridgehead atoms. The molecule has 1 aliphatic rings. The second-order valence-electron chi connectivity index (χ2n) is 5.86. The summed E-state index contributed by atoms with van der Waals surface area (Å²) >= 11 is 0. The fraction of sp³-hybridized carbons (Fsp3) is 0.600. The Morgan fingerprint density at radius 3 is 2.89 bits per heavy atom. The molecule has 2 nitrogen and oxygen atoms in total. The van der Waals surface area contributed by atoms with Crippen LogP contribution in [-0.2, 0) is 6.54 Å². The molecule has 100 valence electrons. The Hall–Kier alpha value is -0.930. The van der Waals surface area contributed by atoms with Gasteiger partial charge in [0.25, 0.3) is 0 Å². The maximum Gasteiger partial charge on any atom is 0.123 e. The van der Waals surface area contributed by atoms with E-state index in [1.54, 1.807) is 12.1 Å². The summed E-state index contributed by atoms with van der Waals surface area (Å²) in [5.41, 5.74) is 1.20. The maximum atomic E-state index is 13.2. The quantitative estimate of drug-likeness (QED) is 0.887. The second-order valence-corrected chi connectivity index (χ2v) is 5.86. The first-order valence-electron chi connectivity index (χ1n) is 6.74. The van der Waals surface area contributed by atoms with E-state index in [1.807, 2.05) is 6.07 Å². The van der Waals surface area contributed by atoms with Crippen molar-refractivity contribution >= 4 is 0 Å². The van der Waals surface area contributed by atoms with Gasteiger partial charge in [-0.25, -0.2) is 4.39 Å². The molecule has 1 fully saturated rings. The van der Waals surface area contributed by atoms with Crippen LogP contribution in [0.1, 0.15) is 32.8 Å². The van der Waals surface area contributed by atoms with Gasteiger partial charge in [-0.05, 0) is 38.0 Å². The van der Waals surface area contributed by atoms with Gasteiger partial charge in [0.2, 0.25) is 0 Å². The molecule has 1 aromatic rings. The molecule has 1 atom stereocenters. The monoisotopic (exact) mass is 250 g/mol. The summed E-state index contributed by atoms with van der Waals surface area (Å²) in [6.07, 6.45) is 1.12. The van der Waals surface area contributed by atoms with E-state index < -0.39 is 0 Å². The van der Waals surface area contributed by atoms with E-state index in [1.165, 1.54) is 6.07 Å². The fourth-order valence-corrected chi connectivity index (χ4v) is 2.67. The second kappa shape index (κ2) is 5.37.